The average Bonchev–Trinajstić information content (AvgIpc) is 2.29. The van der Waals surface area contributed by atoms with Gasteiger partial charge < -0.3 is 10.4 Å². The molecule has 2 N–H and O–H groups in total. The van der Waals surface area contributed by atoms with Crippen LogP contribution in [0.25, 0.3) is 0 Å². The van der Waals surface area contributed by atoms with E-state index < -0.39 is 17.4 Å². The molecule has 1 aromatic rings. The summed E-state index contributed by atoms with van der Waals surface area (Å²) in [4.78, 5) is 22.4. The van der Waals surface area contributed by atoms with Gasteiger partial charge in [0.1, 0.15) is 11.4 Å². The highest BCUT2D eigenvalue weighted by atomic mass is 35.5. The summed E-state index contributed by atoms with van der Waals surface area (Å²) in [7, 11) is 0. The van der Waals surface area contributed by atoms with E-state index in [1.54, 1.807) is 0 Å². The number of halogens is 1. The second-order valence-corrected chi connectivity index (χ2v) is 4.25. The summed E-state index contributed by atoms with van der Waals surface area (Å²) in [5.74, 6) is -1.83. The predicted molar refractivity (Wildman–Crippen MR) is 65.0 cm³/mol. The van der Waals surface area contributed by atoms with E-state index in [1.165, 1.54) is 6.92 Å². The molecule has 0 fully saturated rings. The van der Waals surface area contributed by atoms with Gasteiger partial charge in [-0.05, 0) is 12.5 Å². The summed E-state index contributed by atoms with van der Waals surface area (Å²) >= 11 is 5.36. The molecule has 0 radical (unpaired) electrons. The number of hydrogen-bond acceptors (Lipinski definition) is 2. The van der Waals surface area contributed by atoms with E-state index >= 15 is 0 Å². The van der Waals surface area contributed by atoms with Gasteiger partial charge in [-0.2, -0.15) is 0 Å². The lowest BCUT2D eigenvalue weighted by Crippen LogP contribution is -2.54. The van der Waals surface area contributed by atoms with Crippen LogP contribution in [0.1, 0.15) is 12.5 Å². The fraction of sp³-hybridized carbons (Fsp3) is 0.333. The number of hydrogen-bond donors (Lipinski definition) is 2. The molecule has 0 aliphatic rings. The smallest absolute Gasteiger partial charge is 0.329 e. The van der Waals surface area contributed by atoms with Crippen LogP contribution in [0, 0.1) is 0 Å². The minimum absolute atomic E-state index is 0.214. The zero-order valence-electron chi connectivity index (χ0n) is 9.44. The Morgan fingerprint density at radius 3 is 2.41 bits per heavy atom. The molecule has 1 amide bonds. The molecule has 1 unspecified atom stereocenters. The van der Waals surface area contributed by atoms with E-state index in [0.29, 0.717) is 0 Å². The Morgan fingerprint density at radius 2 is 1.94 bits per heavy atom. The van der Waals surface area contributed by atoms with Crippen molar-refractivity contribution in [2.75, 3.05) is 5.88 Å². The van der Waals surface area contributed by atoms with Crippen molar-refractivity contribution in [3.8, 4) is 0 Å². The zero-order chi connectivity index (χ0) is 12.9. The van der Waals surface area contributed by atoms with Crippen molar-refractivity contribution in [1.29, 1.82) is 0 Å². The third kappa shape index (κ3) is 3.75. The van der Waals surface area contributed by atoms with Crippen LogP contribution in [0.5, 0.6) is 0 Å². The number of benzene rings is 1. The van der Waals surface area contributed by atoms with E-state index in [1.807, 2.05) is 30.3 Å². The topological polar surface area (TPSA) is 66.4 Å². The SMILES string of the molecule is CC(Cc1ccccc1)(NC(=O)CCl)C(=O)O. The first-order valence-corrected chi connectivity index (χ1v) is 5.65. The van der Waals surface area contributed by atoms with Gasteiger partial charge in [-0.15, -0.1) is 11.6 Å². The fourth-order valence-electron chi connectivity index (χ4n) is 1.52. The van der Waals surface area contributed by atoms with Gasteiger partial charge in [0.2, 0.25) is 5.91 Å². The Bertz CT molecular complexity index is 407. The molecule has 0 spiro atoms. The Morgan fingerprint density at radius 1 is 1.35 bits per heavy atom. The lowest BCUT2D eigenvalue weighted by molar-refractivity contribution is -0.146. The van der Waals surface area contributed by atoms with Gasteiger partial charge in [0.25, 0.3) is 0 Å². The van der Waals surface area contributed by atoms with Crippen LogP contribution in [-0.4, -0.2) is 28.4 Å². The number of carboxylic acids is 1. The molecule has 5 heteroatoms. The third-order valence-electron chi connectivity index (χ3n) is 2.41. The van der Waals surface area contributed by atoms with Crippen molar-refractivity contribution in [2.24, 2.45) is 0 Å². The normalized spacial score (nSPS) is 13.8. The van der Waals surface area contributed by atoms with Crippen LogP contribution >= 0.6 is 11.6 Å². The van der Waals surface area contributed by atoms with Crippen LogP contribution in [0.2, 0.25) is 0 Å². The molecule has 0 aromatic heterocycles. The number of alkyl halides is 1. The van der Waals surface area contributed by atoms with Crippen molar-refractivity contribution in [1.82, 2.24) is 5.32 Å². The van der Waals surface area contributed by atoms with Gasteiger partial charge in [0.05, 0.1) is 0 Å². The number of nitrogens with one attached hydrogen (secondary N) is 1. The molecule has 17 heavy (non-hydrogen) atoms. The van der Waals surface area contributed by atoms with Gasteiger partial charge in [0.15, 0.2) is 0 Å². The highest BCUT2D eigenvalue weighted by molar-refractivity contribution is 6.27. The van der Waals surface area contributed by atoms with E-state index in [9.17, 15) is 14.7 Å². The second-order valence-electron chi connectivity index (χ2n) is 3.98. The predicted octanol–water partition coefficient (Wildman–Crippen LogP) is 1.43. The molecule has 0 bridgehead atoms. The third-order valence-corrected chi connectivity index (χ3v) is 2.65. The molecule has 92 valence electrons. The average molecular weight is 256 g/mol. The zero-order valence-corrected chi connectivity index (χ0v) is 10.2. The summed E-state index contributed by atoms with van der Waals surface area (Å²) < 4.78 is 0. The van der Waals surface area contributed by atoms with Crippen molar-refractivity contribution in [3.63, 3.8) is 0 Å². The summed E-state index contributed by atoms with van der Waals surface area (Å²) in [5.41, 5.74) is -0.500. The number of carboxylic acid groups (broad SMARTS) is 1. The minimum Gasteiger partial charge on any atom is -0.480 e. The van der Waals surface area contributed by atoms with Crippen LogP contribution < -0.4 is 5.32 Å². The summed E-state index contributed by atoms with van der Waals surface area (Å²) in [6, 6.07) is 9.11. The number of amides is 1. The van der Waals surface area contributed by atoms with E-state index in [-0.39, 0.29) is 12.3 Å². The van der Waals surface area contributed by atoms with Gasteiger partial charge in [-0.25, -0.2) is 4.79 Å². The number of rotatable bonds is 5. The highest BCUT2D eigenvalue weighted by Crippen LogP contribution is 2.13. The molecule has 0 saturated carbocycles. The maximum Gasteiger partial charge on any atom is 0.329 e. The maximum atomic E-state index is 11.2. The lowest BCUT2D eigenvalue weighted by atomic mass is 9.93. The number of carbonyl (C=O) groups is 2. The largest absolute Gasteiger partial charge is 0.480 e. The lowest BCUT2D eigenvalue weighted by Gasteiger charge is -2.26. The van der Waals surface area contributed by atoms with E-state index in [4.69, 9.17) is 11.6 Å². The Labute approximate surface area is 105 Å². The molecule has 0 aliphatic carbocycles. The summed E-state index contributed by atoms with van der Waals surface area (Å²) in [6.07, 6.45) is 0.214. The molecule has 0 saturated heterocycles. The van der Waals surface area contributed by atoms with Crippen molar-refractivity contribution < 1.29 is 14.7 Å². The maximum absolute atomic E-state index is 11.2. The summed E-state index contributed by atoms with van der Waals surface area (Å²) in [6.45, 7) is 1.47. The highest BCUT2D eigenvalue weighted by Gasteiger charge is 2.34. The van der Waals surface area contributed by atoms with Crippen LogP contribution in [0.4, 0.5) is 0 Å². The first-order valence-electron chi connectivity index (χ1n) is 5.12. The van der Waals surface area contributed by atoms with Gasteiger partial charge in [-0.3, -0.25) is 4.79 Å². The van der Waals surface area contributed by atoms with Crippen molar-refractivity contribution in [2.45, 2.75) is 18.9 Å². The molecule has 1 atom stereocenters. The molecule has 4 nitrogen and oxygen atoms in total. The quantitative estimate of drug-likeness (QED) is 0.782. The fourth-order valence-corrected chi connectivity index (χ4v) is 1.59. The molecule has 0 aliphatic heterocycles. The Kier molecular flexibility index (Phi) is 4.52. The minimum atomic E-state index is -1.34. The first kappa shape index (κ1) is 13.5. The molecular weight excluding hydrogens is 242 g/mol. The molecular formula is C12H14ClNO3. The van der Waals surface area contributed by atoms with Crippen LogP contribution in [0.3, 0.4) is 0 Å². The number of carbonyl (C=O) groups excluding carboxylic acids is 1. The monoisotopic (exact) mass is 255 g/mol. The summed E-state index contributed by atoms with van der Waals surface area (Å²) in [5, 5.41) is 11.6. The standard InChI is InChI=1S/C12H14ClNO3/c1-12(11(16)17,14-10(15)8-13)7-9-5-3-2-4-6-9/h2-6H,7-8H2,1H3,(H,14,15)(H,16,17). The van der Waals surface area contributed by atoms with E-state index in [2.05, 4.69) is 5.32 Å². The number of aliphatic carboxylic acids is 1. The molecule has 1 rings (SSSR count). The van der Waals surface area contributed by atoms with Crippen LogP contribution in [0.15, 0.2) is 30.3 Å². The second kappa shape index (κ2) is 5.68. The van der Waals surface area contributed by atoms with Crippen molar-refractivity contribution >= 4 is 23.5 Å². The first-order chi connectivity index (χ1) is 7.98. The van der Waals surface area contributed by atoms with Crippen LogP contribution in [-0.2, 0) is 16.0 Å². The van der Waals surface area contributed by atoms with Gasteiger partial charge in [0, 0.05) is 6.42 Å². The molecule has 0 heterocycles. The van der Waals surface area contributed by atoms with E-state index in [0.717, 1.165) is 5.56 Å². The van der Waals surface area contributed by atoms with Crippen molar-refractivity contribution in [3.05, 3.63) is 35.9 Å². The Balaban J connectivity index is 2.86. The molecule has 1 aromatic carbocycles. The van der Waals surface area contributed by atoms with Gasteiger partial charge >= 0.3 is 5.97 Å². The Hall–Kier alpha value is -1.55. The van der Waals surface area contributed by atoms with Gasteiger partial charge in [-0.1, -0.05) is 30.3 Å².